The first-order valence-electron chi connectivity index (χ1n) is 15.2. The Morgan fingerprint density at radius 1 is 1.00 bits per heavy atom. The van der Waals surface area contributed by atoms with Gasteiger partial charge in [-0.25, -0.2) is 9.78 Å². The molecule has 16 heteroatoms. The summed E-state index contributed by atoms with van der Waals surface area (Å²) >= 11 is 12.9. The normalized spacial score (nSPS) is 16.0. The molecule has 260 valence electrons. The fraction of sp³-hybridized carbons (Fsp3) is 0.438. The molecule has 11 nitrogen and oxygen atoms in total. The molecule has 3 aromatic rings. The van der Waals surface area contributed by atoms with Crippen LogP contribution >= 0.6 is 23.2 Å². The second-order valence-electron chi connectivity index (χ2n) is 11.3. The lowest BCUT2D eigenvalue weighted by Crippen LogP contribution is -2.38. The number of pyridine rings is 1. The van der Waals surface area contributed by atoms with Gasteiger partial charge in [-0.05, 0) is 48.6 Å². The third kappa shape index (κ3) is 10.5. The van der Waals surface area contributed by atoms with Gasteiger partial charge in [0.1, 0.15) is 22.8 Å². The van der Waals surface area contributed by atoms with Crippen LogP contribution in [-0.2, 0) is 26.0 Å². The number of hydrogen-bond acceptors (Lipinski definition) is 10. The minimum Gasteiger partial charge on any atom is -0.489 e. The molecule has 2 aliphatic rings. The van der Waals surface area contributed by atoms with E-state index in [4.69, 9.17) is 46.3 Å². The molecule has 0 unspecified atom stereocenters. The second-order valence-corrected chi connectivity index (χ2v) is 13.7. The SMILES string of the molecule is CS(=O)(=O)Oc1cc(C(=O)O[C@@H](Cc2c(Cl)c[nH+]cc2Cl)c2ccc(OC(F)F)c(OCC3CC3)c2)ccc1OCCN1CCOCC1. The molecule has 1 aromatic heterocycles. The van der Waals surface area contributed by atoms with E-state index in [0.717, 1.165) is 32.2 Å². The number of rotatable bonds is 16. The van der Waals surface area contributed by atoms with Crippen molar-refractivity contribution in [2.24, 2.45) is 5.92 Å². The molecule has 1 saturated carbocycles. The van der Waals surface area contributed by atoms with Crippen LogP contribution in [0.15, 0.2) is 48.8 Å². The van der Waals surface area contributed by atoms with Crippen molar-refractivity contribution in [3.63, 3.8) is 0 Å². The number of esters is 1. The van der Waals surface area contributed by atoms with Gasteiger partial charge in [-0.15, -0.1) is 0 Å². The van der Waals surface area contributed by atoms with Gasteiger partial charge in [-0.2, -0.15) is 17.2 Å². The van der Waals surface area contributed by atoms with Crippen LogP contribution in [-0.4, -0.2) is 78.2 Å². The number of ether oxygens (including phenoxy) is 5. The lowest BCUT2D eigenvalue weighted by atomic mass is 10.0. The molecule has 1 N–H and O–H groups in total. The minimum absolute atomic E-state index is 0.00929. The maximum atomic E-state index is 13.6. The van der Waals surface area contributed by atoms with Crippen LogP contribution in [0.4, 0.5) is 8.78 Å². The standard InChI is InChI=1S/C32H34Cl2F2N2O9S/c1-48(40,41)47-30-15-22(5-6-26(30)43-13-10-38-8-11-42-12-9-38)31(39)45-28(16-23-24(33)17-37-18-25(23)34)21-4-7-27(46-32(35)36)29(14-21)44-19-20-2-3-20/h4-7,14-15,17-18,20,28,32H,2-3,8-13,16,19H2,1H3/p+1/t28-/m0/s1. The molecular formula is C32H35Cl2F2N2O9S+. The first-order valence-corrected chi connectivity index (χ1v) is 17.8. The third-order valence-electron chi connectivity index (χ3n) is 7.55. The number of aromatic amines is 1. The highest BCUT2D eigenvalue weighted by Crippen LogP contribution is 2.38. The van der Waals surface area contributed by atoms with Gasteiger partial charge < -0.3 is 27.9 Å². The number of hydrogen-bond donors (Lipinski definition) is 0. The number of nitrogens with one attached hydrogen (secondary N) is 1. The van der Waals surface area contributed by atoms with E-state index in [9.17, 15) is 22.0 Å². The Hall–Kier alpha value is -3.43. The van der Waals surface area contributed by atoms with Crippen LogP contribution in [0.5, 0.6) is 23.0 Å². The van der Waals surface area contributed by atoms with Gasteiger partial charge in [0.05, 0.1) is 31.6 Å². The summed E-state index contributed by atoms with van der Waals surface area (Å²) in [5.41, 5.74) is 0.792. The third-order valence-corrected chi connectivity index (χ3v) is 8.71. The summed E-state index contributed by atoms with van der Waals surface area (Å²) in [5, 5.41) is 0.544. The van der Waals surface area contributed by atoms with Crippen molar-refractivity contribution in [3.05, 3.63) is 75.5 Å². The van der Waals surface area contributed by atoms with Crippen molar-refractivity contribution in [2.45, 2.75) is 32.0 Å². The number of benzene rings is 2. The van der Waals surface area contributed by atoms with E-state index in [2.05, 4.69) is 14.6 Å². The van der Waals surface area contributed by atoms with Crippen LogP contribution in [0.2, 0.25) is 10.0 Å². The summed E-state index contributed by atoms with van der Waals surface area (Å²) in [5.74, 6) is -0.721. The van der Waals surface area contributed by atoms with E-state index in [1.807, 2.05) is 0 Å². The molecule has 48 heavy (non-hydrogen) atoms. The molecule has 2 heterocycles. The first-order chi connectivity index (χ1) is 22.9. The number of aromatic nitrogens is 1. The second kappa shape index (κ2) is 16.3. The maximum absolute atomic E-state index is 13.6. The molecule has 1 aliphatic heterocycles. The molecule has 0 radical (unpaired) electrons. The van der Waals surface area contributed by atoms with Crippen molar-refractivity contribution >= 4 is 39.3 Å². The fourth-order valence-electron chi connectivity index (χ4n) is 4.90. The molecule has 1 saturated heterocycles. The van der Waals surface area contributed by atoms with Crippen LogP contribution in [0.25, 0.3) is 0 Å². The zero-order valence-corrected chi connectivity index (χ0v) is 28.3. The largest absolute Gasteiger partial charge is 0.489 e. The molecule has 1 aliphatic carbocycles. The Morgan fingerprint density at radius 3 is 2.38 bits per heavy atom. The smallest absolute Gasteiger partial charge is 0.387 e. The van der Waals surface area contributed by atoms with E-state index in [1.54, 1.807) is 0 Å². The highest BCUT2D eigenvalue weighted by molar-refractivity contribution is 7.86. The summed E-state index contributed by atoms with van der Waals surface area (Å²) in [4.78, 5) is 18.6. The number of halogens is 4. The number of alkyl halides is 2. The molecule has 2 aromatic carbocycles. The van der Waals surface area contributed by atoms with Crippen LogP contribution in [0.3, 0.4) is 0 Å². The summed E-state index contributed by atoms with van der Waals surface area (Å²) in [6, 6.07) is 8.31. The van der Waals surface area contributed by atoms with Gasteiger partial charge >= 0.3 is 22.7 Å². The van der Waals surface area contributed by atoms with E-state index in [1.165, 1.54) is 48.8 Å². The number of H-pyrrole nitrogens is 1. The molecule has 0 bridgehead atoms. The zero-order chi connectivity index (χ0) is 34.3. The Labute approximate surface area is 287 Å². The number of morpholine rings is 1. The quantitative estimate of drug-likeness (QED) is 0.140. The Kier molecular flexibility index (Phi) is 12.2. The summed E-state index contributed by atoms with van der Waals surface area (Å²) in [6.07, 6.45) is 4.77. The molecular weight excluding hydrogens is 697 g/mol. The van der Waals surface area contributed by atoms with E-state index >= 15 is 0 Å². The Bertz CT molecular complexity index is 1670. The van der Waals surface area contributed by atoms with Crippen LogP contribution in [0, 0.1) is 5.92 Å². The molecule has 1 atom stereocenters. The molecule has 0 amide bonds. The van der Waals surface area contributed by atoms with E-state index in [0.29, 0.717) is 43.4 Å². The Balaban J connectivity index is 1.42. The summed E-state index contributed by atoms with van der Waals surface area (Å²) < 4.78 is 83.4. The van der Waals surface area contributed by atoms with Gasteiger partial charge in [0, 0.05) is 37.7 Å². The van der Waals surface area contributed by atoms with E-state index < -0.39 is 28.8 Å². The predicted molar refractivity (Wildman–Crippen MR) is 171 cm³/mol. The van der Waals surface area contributed by atoms with E-state index in [-0.39, 0.29) is 51.6 Å². The summed E-state index contributed by atoms with van der Waals surface area (Å²) in [6.45, 7) is 0.755. The molecule has 5 rings (SSSR count). The fourth-order valence-corrected chi connectivity index (χ4v) is 5.89. The molecule has 2 fully saturated rings. The maximum Gasteiger partial charge on any atom is 0.387 e. The van der Waals surface area contributed by atoms with Crippen LogP contribution < -0.4 is 23.4 Å². The summed E-state index contributed by atoms with van der Waals surface area (Å²) in [7, 11) is -4.00. The van der Waals surface area contributed by atoms with Crippen molar-refractivity contribution in [1.82, 2.24) is 4.90 Å². The number of carbonyl (C=O) groups is 1. The average Bonchev–Trinajstić information content (AvgIpc) is 3.87. The highest BCUT2D eigenvalue weighted by atomic mass is 35.5. The number of carbonyl (C=O) groups excluding carboxylic acids is 1. The monoisotopic (exact) mass is 731 g/mol. The van der Waals surface area contributed by atoms with Gasteiger partial charge in [0.25, 0.3) is 0 Å². The zero-order valence-electron chi connectivity index (χ0n) is 26.0. The first kappa shape index (κ1) is 35.9. The average molecular weight is 733 g/mol. The minimum atomic E-state index is -4.00. The topological polar surface area (TPSA) is 124 Å². The Morgan fingerprint density at radius 2 is 1.71 bits per heavy atom. The van der Waals surface area contributed by atoms with Crippen molar-refractivity contribution in [3.8, 4) is 23.0 Å². The van der Waals surface area contributed by atoms with Crippen molar-refractivity contribution in [2.75, 3.05) is 52.3 Å². The predicted octanol–water partition coefficient (Wildman–Crippen LogP) is 5.39. The van der Waals surface area contributed by atoms with Crippen LogP contribution in [0.1, 0.15) is 40.4 Å². The highest BCUT2D eigenvalue weighted by Gasteiger charge is 2.27. The van der Waals surface area contributed by atoms with Gasteiger partial charge in [-0.1, -0.05) is 29.3 Å². The van der Waals surface area contributed by atoms with Gasteiger partial charge in [0.2, 0.25) is 0 Å². The lowest BCUT2D eigenvalue weighted by Gasteiger charge is -2.26. The van der Waals surface area contributed by atoms with Crippen molar-refractivity contribution in [1.29, 1.82) is 0 Å². The number of nitrogens with zero attached hydrogens (tertiary/aromatic N) is 1. The molecule has 0 spiro atoms. The van der Waals surface area contributed by atoms with Crippen molar-refractivity contribution < 1.29 is 54.8 Å². The lowest BCUT2D eigenvalue weighted by molar-refractivity contribution is -0.377. The van der Waals surface area contributed by atoms with Gasteiger partial charge in [0.15, 0.2) is 35.4 Å². The van der Waals surface area contributed by atoms with Gasteiger partial charge in [-0.3, -0.25) is 4.90 Å².